The van der Waals surface area contributed by atoms with Crippen LogP contribution in [0.4, 0.5) is 0 Å². The van der Waals surface area contributed by atoms with Gasteiger partial charge >= 0.3 is 11.9 Å². The topological polar surface area (TPSA) is 200 Å². The summed E-state index contributed by atoms with van der Waals surface area (Å²) in [6.45, 7) is 7.68. The minimum absolute atomic E-state index is 0.0257. The van der Waals surface area contributed by atoms with Crippen molar-refractivity contribution in [2.24, 2.45) is 11.8 Å². The summed E-state index contributed by atoms with van der Waals surface area (Å²) in [5.74, 6) is -3.25. The smallest absolute Gasteiger partial charge is 0.306 e. The molecular formula is C48H68N8O10. The van der Waals surface area contributed by atoms with Crippen LogP contribution in [0, 0.1) is 11.8 Å². The second kappa shape index (κ2) is 23.2. The SMILES string of the molecule is CN[C@@H](C)C(=O)N[C@H]1COC(=O)CCC(=O)OC[C@H](NC(=O)[C@H](C)NC)C(=O)N2C[C@@H](OCCO[C@@H]3CN(C1=O)[C@@H]1CN(CCc4ccccc4)C[C@@H]13)[C@H]1CN(CCc3ccccc3)C[C@H]12. The monoisotopic (exact) mass is 917 g/mol. The van der Waals surface area contributed by atoms with E-state index in [0.29, 0.717) is 26.2 Å². The molecule has 4 amide bonds. The Kier molecular flexibility index (Phi) is 17.2. The predicted molar refractivity (Wildman–Crippen MR) is 243 cm³/mol. The highest BCUT2D eigenvalue weighted by Crippen LogP contribution is 2.36. The van der Waals surface area contributed by atoms with Crippen molar-refractivity contribution in [1.82, 2.24) is 40.9 Å². The zero-order chi connectivity index (χ0) is 46.7. The molecule has 0 radical (unpaired) electrons. The molecule has 7 rings (SSSR count). The Hall–Kier alpha value is -4.98. The van der Waals surface area contributed by atoms with Gasteiger partial charge in [-0.25, -0.2) is 0 Å². The zero-order valence-electron chi connectivity index (χ0n) is 38.7. The second-order valence-corrected chi connectivity index (χ2v) is 18.3. The van der Waals surface area contributed by atoms with Crippen molar-refractivity contribution in [3.63, 3.8) is 0 Å². The number of nitrogens with zero attached hydrogens (tertiary/aromatic N) is 4. The Morgan fingerprint density at radius 2 is 0.985 bits per heavy atom. The summed E-state index contributed by atoms with van der Waals surface area (Å²) in [7, 11) is 3.27. The van der Waals surface area contributed by atoms with Gasteiger partial charge in [0, 0.05) is 64.2 Å². The molecule has 0 unspecified atom stereocenters. The molecule has 5 saturated heterocycles. The summed E-state index contributed by atoms with van der Waals surface area (Å²) in [5, 5.41) is 11.4. The molecule has 5 aliphatic heterocycles. The number of amides is 4. The number of rotatable bonds is 12. The number of ether oxygens (including phenoxy) is 4. The van der Waals surface area contributed by atoms with Crippen LogP contribution < -0.4 is 21.3 Å². The van der Waals surface area contributed by atoms with E-state index >= 15 is 0 Å². The lowest BCUT2D eigenvalue weighted by molar-refractivity contribution is -0.154. The predicted octanol–water partition coefficient (Wildman–Crippen LogP) is -0.407. The molecule has 5 fully saturated rings. The number of fused-ring (bicyclic) bond motifs is 10. The number of hydrogen-bond donors (Lipinski definition) is 4. The number of nitrogens with one attached hydrogen (secondary N) is 4. The van der Waals surface area contributed by atoms with E-state index in [1.807, 2.05) is 36.4 Å². The molecule has 5 aliphatic rings. The first kappa shape index (κ1) is 48.9. The van der Waals surface area contributed by atoms with Crippen molar-refractivity contribution in [3.05, 3.63) is 71.8 Å². The largest absolute Gasteiger partial charge is 0.463 e. The quantitative estimate of drug-likeness (QED) is 0.201. The maximum atomic E-state index is 14.6. The lowest BCUT2D eigenvalue weighted by Gasteiger charge is -2.30. The van der Waals surface area contributed by atoms with Crippen LogP contribution in [-0.2, 0) is 60.6 Å². The summed E-state index contributed by atoms with van der Waals surface area (Å²) in [4.78, 5) is 90.1. The van der Waals surface area contributed by atoms with Gasteiger partial charge in [0.15, 0.2) is 0 Å². The number of likely N-dealkylation sites (N-methyl/N-ethyl adjacent to an activating group) is 2. The Labute approximate surface area is 387 Å². The number of hydrogen-bond acceptors (Lipinski definition) is 14. The van der Waals surface area contributed by atoms with Gasteiger partial charge in [0.1, 0.15) is 25.3 Å². The number of carbonyl (C=O) groups excluding carboxylic acids is 6. The van der Waals surface area contributed by atoms with Crippen molar-refractivity contribution in [2.45, 2.75) is 88.0 Å². The van der Waals surface area contributed by atoms with E-state index in [1.54, 1.807) is 37.7 Å². The van der Waals surface area contributed by atoms with Crippen molar-refractivity contribution in [2.75, 3.05) is 92.9 Å². The fourth-order valence-electron chi connectivity index (χ4n) is 9.90. The van der Waals surface area contributed by atoms with Crippen LogP contribution in [0.5, 0.6) is 0 Å². The van der Waals surface area contributed by atoms with Crippen molar-refractivity contribution in [1.29, 1.82) is 0 Å². The van der Waals surface area contributed by atoms with Crippen LogP contribution >= 0.6 is 0 Å². The summed E-state index contributed by atoms with van der Waals surface area (Å²) in [5.41, 5.74) is 2.43. The Bertz CT molecular complexity index is 1840. The van der Waals surface area contributed by atoms with Crippen LogP contribution in [0.3, 0.4) is 0 Å². The zero-order valence-corrected chi connectivity index (χ0v) is 38.7. The Balaban J connectivity index is 1.12. The van der Waals surface area contributed by atoms with Gasteiger partial charge in [-0.05, 0) is 51.9 Å². The molecule has 4 bridgehead atoms. The highest BCUT2D eigenvalue weighted by molar-refractivity contribution is 5.91. The van der Waals surface area contributed by atoms with Crippen molar-refractivity contribution < 1.29 is 47.7 Å². The van der Waals surface area contributed by atoms with Crippen LogP contribution in [0.1, 0.15) is 37.8 Å². The minimum Gasteiger partial charge on any atom is -0.463 e. The van der Waals surface area contributed by atoms with Gasteiger partial charge in [-0.2, -0.15) is 0 Å². The molecule has 2 aromatic carbocycles. The van der Waals surface area contributed by atoms with Gasteiger partial charge < -0.3 is 59.8 Å². The van der Waals surface area contributed by atoms with Crippen molar-refractivity contribution in [3.8, 4) is 0 Å². The number of carbonyl (C=O) groups is 6. The van der Waals surface area contributed by atoms with E-state index in [-0.39, 0.29) is 87.1 Å². The van der Waals surface area contributed by atoms with Gasteiger partial charge in [0.2, 0.25) is 23.6 Å². The molecule has 4 N–H and O–H groups in total. The molecule has 18 heteroatoms. The first-order chi connectivity index (χ1) is 31.9. The molecule has 2 aromatic rings. The van der Waals surface area contributed by atoms with Gasteiger partial charge in [-0.1, -0.05) is 60.7 Å². The minimum atomic E-state index is -1.20. The van der Waals surface area contributed by atoms with Crippen LogP contribution in [-0.4, -0.2) is 197 Å². The number of esters is 2. The number of likely N-dealkylation sites (tertiary alicyclic amines) is 2. The van der Waals surface area contributed by atoms with Gasteiger partial charge in [-0.15, -0.1) is 0 Å². The molecule has 0 spiro atoms. The van der Waals surface area contributed by atoms with Gasteiger partial charge in [-0.3, -0.25) is 28.8 Å². The average Bonchev–Trinajstić information content (AvgIpc) is 4.11. The number of cyclic esters (lactones) is 2. The third-order valence-corrected chi connectivity index (χ3v) is 14.0. The van der Waals surface area contributed by atoms with Gasteiger partial charge in [0.25, 0.3) is 0 Å². The van der Waals surface area contributed by atoms with E-state index in [0.717, 1.165) is 25.9 Å². The molecule has 66 heavy (non-hydrogen) atoms. The molecular weight excluding hydrogens is 849 g/mol. The third-order valence-electron chi connectivity index (χ3n) is 14.0. The molecule has 5 heterocycles. The van der Waals surface area contributed by atoms with Gasteiger partial charge in [0.05, 0.1) is 62.4 Å². The standard InChI is InChI=1S/C48H68N8O10/c1-31(49-3)45(59)51-37-29-65-43(57)15-16-44(58)66-30-38(52-46(60)32(2)50-4)48(62)56-28-42(36-24-54(26-40(36)56)20-18-34-13-9-6-10-14-34)64-22-21-63-41-27-55(47(37)61)39-25-53(23-35(39)41)19-17-33-11-7-5-8-12-33/h5-14,31-32,35-42,49-50H,15-30H2,1-4H3,(H,51,59)(H,52,60)/t31-,32-,35-,36-,37-,38-,39+,40+,41+,42+/m0/s1. The highest BCUT2D eigenvalue weighted by Gasteiger charge is 2.52. The molecule has 0 aliphatic carbocycles. The first-order valence-electron chi connectivity index (χ1n) is 23.6. The second-order valence-electron chi connectivity index (χ2n) is 18.3. The van der Waals surface area contributed by atoms with E-state index < -0.39 is 61.1 Å². The summed E-state index contributed by atoms with van der Waals surface area (Å²) in [6, 6.07) is 16.4. The number of benzene rings is 2. The maximum Gasteiger partial charge on any atom is 0.306 e. The molecule has 360 valence electrons. The summed E-state index contributed by atoms with van der Waals surface area (Å²) in [6.07, 6.45) is 0.260. The Morgan fingerprint density at radius 1 is 0.591 bits per heavy atom. The lowest BCUT2D eigenvalue weighted by Crippen LogP contribution is -2.56. The fourth-order valence-corrected chi connectivity index (χ4v) is 9.90. The fraction of sp³-hybridized carbons (Fsp3) is 0.625. The maximum absolute atomic E-state index is 14.6. The molecule has 0 saturated carbocycles. The van der Waals surface area contributed by atoms with E-state index in [4.69, 9.17) is 18.9 Å². The van der Waals surface area contributed by atoms with E-state index in [9.17, 15) is 28.8 Å². The lowest BCUT2D eigenvalue weighted by atomic mass is 10.0. The Morgan fingerprint density at radius 3 is 1.36 bits per heavy atom. The molecule has 0 aromatic heterocycles. The molecule has 10 atom stereocenters. The van der Waals surface area contributed by atoms with Crippen LogP contribution in [0.15, 0.2) is 60.7 Å². The van der Waals surface area contributed by atoms with E-state index in [1.165, 1.54) is 11.1 Å². The highest BCUT2D eigenvalue weighted by atomic mass is 16.5. The summed E-state index contributed by atoms with van der Waals surface area (Å²) < 4.78 is 24.4. The first-order valence-corrected chi connectivity index (χ1v) is 23.6. The van der Waals surface area contributed by atoms with Crippen molar-refractivity contribution >= 4 is 35.6 Å². The van der Waals surface area contributed by atoms with Crippen LogP contribution in [0.25, 0.3) is 0 Å². The average molecular weight is 917 g/mol. The van der Waals surface area contributed by atoms with Crippen LogP contribution in [0.2, 0.25) is 0 Å². The third kappa shape index (κ3) is 12.3. The van der Waals surface area contributed by atoms with E-state index in [2.05, 4.69) is 55.3 Å². The molecule has 18 nitrogen and oxygen atoms in total. The normalized spacial score (nSPS) is 29.2. The summed E-state index contributed by atoms with van der Waals surface area (Å²) >= 11 is 0.